The third-order valence-electron chi connectivity index (χ3n) is 2.75. The summed E-state index contributed by atoms with van der Waals surface area (Å²) < 4.78 is 5.31. The first-order chi connectivity index (χ1) is 8.65. The van der Waals surface area contributed by atoms with Crippen LogP contribution in [-0.4, -0.2) is 48.7 Å². The molecule has 1 aliphatic rings. The van der Waals surface area contributed by atoms with Gasteiger partial charge in [0.1, 0.15) is 23.2 Å². The monoisotopic (exact) mass is 271 g/mol. The van der Waals surface area contributed by atoms with Crippen molar-refractivity contribution in [1.82, 2.24) is 15.3 Å². The molecule has 1 aliphatic heterocycles. The molecular weight excluding hydrogens is 258 g/mol. The van der Waals surface area contributed by atoms with E-state index in [2.05, 4.69) is 15.3 Å². The van der Waals surface area contributed by atoms with E-state index in [1.54, 1.807) is 11.9 Å². The molecule has 98 valence electrons. The fourth-order valence-corrected chi connectivity index (χ4v) is 2.02. The molecule has 2 heterocycles. The van der Waals surface area contributed by atoms with Crippen LogP contribution in [0.2, 0.25) is 5.02 Å². The van der Waals surface area contributed by atoms with E-state index < -0.39 is 6.04 Å². The van der Waals surface area contributed by atoms with Crippen molar-refractivity contribution in [3.05, 3.63) is 11.3 Å². The number of hydrogen-bond acceptors (Lipinski definition) is 6. The normalized spacial score (nSPS) is 19.7. The number of morpholine rings is 1. The Labute approximate surface area is 109 Å². The van der Waals surface area contributed by atoms with Gasteiger partial charge in [-0.25, -0.2) is 9.97 Å². The molecule has 1 amide bonds. The van der Waals surface area contributed by atoms with E-state index in [9.17, 15) is 4.79 Å². The van der Waals surface area contributed by atoms with Crippen molar-refractivity contribution in [3.8, 4) is 0 Å². The summed E-state index contributed by atoms with van der Waals surface area (Å²) in [4.78, 5) is 21.5. The molecule has 0 aliphatic carbocycles. The number of halogens is 1. The lowest BCUT2D eigenvalue weighted by molar-refractivity contribution is -0.124. The van der Waals surface area contributed by atoms with Gasteiger partial charge < -0.3 is 20.7 Å². The molecule has 1 unspecified atom stereocenters. The number of rotatable bonds is 2. The maximum absolute atomic E-state index is 11.8. The summed E-state index contributed by atoms with van der Waals surface area (Å²) in [5.41, 5.74) is 5.64. The van der Waals surface area contributed by atoms with E-state index in [0.29, 0.717) is 25.6 Å². The van der Waals surface area contributed by atoms with Crippen LogP contribution in [0.5, 0.6) is 0 Å². The zero-order valence-electron chi connectivity index (χ0n) is 9.89. The molecule has 1 fully saturated rings. The average molecular weight is 272 g/mol. The van der Waals surface area contributed by atoms with Gasteiger partial charge in [0.05, 0.1) is 13.2 Å². The minimum Gasteiger partial charge on any atom is -0.382 e. The molecule has 8 heteroatoms. The van der Waals surface area contributed by atoms with E-state index in [-0.39, 0.29) is 16.7 Å². The Morgan fingerprint density at radius 3 is 3.17 bits per heavy atom. The van der Waals surface area contributed by atoms with Crippen LogP contribution < -0.4 is 16.0 Å². The van der Waals surface area contributed by atoms with E-state index >= 15 is 0 Å². The number of amides is 1. The molecule has 1 saturated heterocycles. The Kier molecular flexibility index (Phi) is 3.83. The molecule has 1 aromatic heterocycles. The minimum atomic E-state index is -0.462. The van der Waals surface area contributed by atoms with Gasteiger partial charge in [0, 0.05) is 13.6 Å². The number of anilines is 2. The van der Waals surface area contributed by atoms with Gasteiger partial charge in [-0.05, 0) is 0 Å². The largest absolute Gasteiger partial charge is 0.382 e. The van der Waals surface area contributed by atoms with E-state index in [1.807, 2.05) is 0 Å². The molecule has 0 radical (unpaired) electrons. The molecule has 18 heavy (non-hydrogen) atoms. The standard InChI is InChI=1S/C10H14ClN5O2/c1-13-10(17)6-4-18-3-2-16(6)9-7(11)8(12)14-5-15-9/h5-6H,2-4H2,1H3,(H,13,17)(H2,12,14,15). The van der Waals surface area contributed by atoms with Crippen LogP contribution in [0.15, 0.2) is 6.33 Å². The maximum Gasteiger partial charge on any atom is 0.244 e. The van der Waals surface area contributed by atoms with Gasteiger partial charge in [-0.1, -0.05) is 11.6 Å². The Bertz CT molecular complexity index is 456. The lowest BCUT2D eigenvalue weighted by Gasteiger charge is -2.35. The topological polar surface area (TPSA) is 93.4 Å². The lowest BCUT2D eigenvalue weighted by Crippen LogP contribution is -2.53. The first kappa shape index (κ1) is 12.8. The summed E-state index contributed by atoms with van der Waals surface area (Å²) in [6.45, 7) is 1.32. The smallest absolute Gasteiger partial charge is 0.244 e. The van der Waals surface area contributed by atoms with Crippen LogP contribution in [0, 0.1) is 0 Å². The van der Waals surface area contributed by atoms with Crippen LogP contribution in [0.3, 0.4) is 0 Å². The molecule has 0 bridgehead atoms. The first-order valence-corrected chi connectivity index (χ1v) is 5.85. The number of nitrogens with zero attached hydrogens (tertiary/aromatic N) is 3. The minimum absolute atomic E-state index is 0.150. The highest BCUT2D eigenvalue weighted by molar-refractivity contribution is 6.35. The molecule has 1 atom stereocenters. The molecule has 0 aromatic carbocycles. The second-order valence-corrected chi connectivity index (χ2v) is 4.17. The Balaban J connectivity index is 2.34. The van der Waals surface area contributed by atoms with Gasteiger partial charge in [0.2, 0.25) is 5.91 Å². The Morgan fingerprint density at radius 2 is 2.44 bits per heavy atom. The van der Waals surface area contributed by atoms with Crippen molar-refractivity contribution < 1.29 is 9.53 Å². The van der Waals surface area contributed by atoms with Crippen molar-refractivity contribution >= 4 is 29.1 Å². The highest BCUT2D eigenvalue weighted by Crippen LogP contribution is 2.29. The number of hydrogen-bond donors (Lipinski definition) is 2. The van der Waals surface area contributed by atoms with Gasteiger partial charge in [0.25, 0.3) is 0 Å². The second kappa shape index (κ2) is 5.36. The summed E-state index contributed by atoms with van der Waals surface area (Å²) in [5.74, 6) is 0.507. The fourth-order valence-electron chi connectivity index (χ4n) is 1.81. The van der Waals surface area contributed by atoms with Crippen LogP contribution in [0.4, 0.5) is 11.6 Å². The third-order valence-corrected chi connectivity index (χ3v) is 3.11. The quantitative estimate of drug-likeness (QED) is 0.765. The Morgan fingerprint density at radius 1 is 1.67 bits per heavy atom. The molecule has 0 saturated carbocycles. The highest BCUT2D eigenvalue weighted by Gasteiger charge is 2.31. The molecule has 2 rings (SSSR count). The first-order valence-electron chi connectivity index (χ1n) is 5.47. The molecule has 0 spiro atoms. The van der Waals surface area contributed by atoms with Gasteiger partial charge in [0.15, 0.2) is 5.82 Å². The number of nitrogens with one attached hydrogen (secondary N) is 1. The number of aromatic nitrogens is 2. The van der Waals surface area contributed by atoms with Gasteiger partial charge in [-0.15, -0.1) is 0 Å². The van der Waals surface area contributed by atoms with E-state index in [1.165, 1.54) is 6.33 Å². The number of nitrogens with two attached hydrogens (primary N) is 1. The van der Waals surface area contributed by atoms with Gasteiger partial charge in [-0.3, -0.25) is 4.79 Å². The van der Waals surface area contributed by atoms with Crippen LogP contribution >= 0.6 is 11.6 Å². The summed E-state index contributed by atoms with van der Waals surface area (Å²) in [7, 11) is 1.57. The number of ether oxygens (including phenoxy) is 1. The van der Waals surface area contributed by atoms with Crippen LogP contribution in [0.1, 0.15) is 0 Å². The fraction of sp³-hybridized carbons (Fsp3) is 0.500. The number of carbonyl (C=O) groups is 1. The van der Waals surface area contributed by atoms with Crippen molar-refractivity contribution in [2.75, 3.05) is 37.4 Å². The second-order valence-electron chi connectivity index (χ2n) is 3.79. The maximum atomic E-state index is 11.8. The van der Waals surface area contributed by atoms with Gasteiger partial charge >= 0.3 is 0 Å². The number of carbonyl (C=O) groups excluding carboxylic acids is 1. The average Bonchev–Trinajstić information content (AvgIpc) is 2.41. The van der Waals surface area contributed by atoms with Crippen molar-refractivity contribution in [2.24, 2.45) is 0 Å². The van der Waals surface area contributed by atoms with E-state index in [4.69, 9.17) is 22.1 Å². The predicted molar refractivity (Wildman–Crippen MR) is 67.5 cm³/mol. The predicted octanol–water partition coefficient (Wildman–Crippen LogP) is -0.337. The summed E-state index contributed by atoms with van der Waals surface area (Å²) in [6, 6.07) is -0.462. The molecule has 3 N–H and O–H groups in total. The number of likely N-dealkylation sites (N-methyl/N-ethyl adjacent to an activating group) is 1. The van der Waals surface area contributed by atoms with Gasteiger partial charge in [-0.2, -0.15) is 0 Å². The SMILES string of the molecule is CNC(=O)C1COCCN1c1ncnc(N)c1Cl. The molecular formula is C10H14ClN5O2. The molecule has 1 aromatic rings. The highest BCUT2D eigenvalue weighted by atomic mass is 35.5. The number of nitrogen functional groups attached to an aromatic ring is 1. The molecule has 7 nitrogen and oxygen atoms in total. The summed E-state index contributed by atoms with van der Waals surface area (Å²) in [5, 5.41) is 2.85. The van der Waals surface area contributed by atoms with Crippen LogP contribution in [-0.2, 0) is 9.53 Å². The zero-order valence-corrected chi connectivity index (χ0v) is 10.6. The Hall–Kier alpha value is -1.60. The third kappa shape index (κ3) is 2.32. The van der Waals surface area contributed by atoms with Crippen molar-refractivity contribution in [3.63, 3.8) is 0 Å². The van der Waals surface area contributed by atoms with Crippen molar-refractivity contribution in [1.29, 1.82) is 0 Å². The zero-order chi connectivity index (χ0) is 13.1. The lowest BCUT2D eigenvalue weighted by atomic mass is 10.2. The van der Waals surface area contributed by atoms with E-state index in [0.717, 1.165) is 0 Å². The van der Waals surface area contributed by atoms with Crippen LogP contribution in [0.25, 0.3) is 0 Å². The summed E-state index contributed by atoms with van der Waals surface area (Å²) in [6.07, 6.45) is 1.33. The summed E-state index contributed by atoms with van der Waals surface area (Å²) >= 11 is 6.08. The van der Waals surface area contributed by atoms with Crippen molar-refractivity contribution in [2.45, 2.75) is 6.04 Å².